The Morgan fingerprint density at radius 2 is 1.87 bits per heavy atom. The zero-order valence-corrected chi connectivity index (χ0v) is 9.58. The van der Waals surface area contributed by atoms with Crippen LogP contribution in [0.1, 0.15) is 45.4 Å². The van der Waals surface area contributed by atoms with Crippen LogP contribution in [0.4, 0.5) is 0 Å². The first-order chi connectivity index (χ1) is 7.22. The van der Waals surface area contributed by atoms with E-state index < -0.39 is 5.97 Å². The summed E-state index contributed by atoms with van der Waals surface area (Å²) in [4.78, 5) is 10.5. The van der Waals surface area contributed by atoms with Gasteiger partial charge in [0, 0.05) is 19.6 Å². The molecule has 0 aliphatic heterocycles. The van der Waals surface area contributed by atoms with E-state index in [4.69, 9.17) is 9.84 Å². The van der Waals surface area contributed by atoms with Crippen molar-refractivity contribution in [2.24, 2.45) is 11.8 Å². The number of rotatable bonds is 6. The average Bonchev–Trinajstić information content (AvgIpc) is 2.20. The largest absolute Gasteiger partial charge is 0.481 e. The number of hydrogen-bond donors (Lipinski definition) is 1. The molecule has 15 heavy (non-hydrogen) atoms. The van der Waals surface area contributed by atoms with Crippen LogP contribution in [-0.2, 0) is 9.53 Å². The van der Waals surface area contributed by atoms with Crippen LogP contribution in [0.15, 0.2) is 0 Å². The summed E-state index contributed by atoms with van der Waals surface area (Å²) in [6.45, 7) is 3.84. The summed E-state index contributed by atoms with van der Waals surface area (Å²) < 4.78 is 5.52. The molecule has 0 aromatic carbocycles. The van der Waals surface area contributed by atoms with Crippen LogP contribution in [0, 0.1) is 11.8 Å². The molecule has 0 unspecified atom stereocenters. The van der Waals surface area contributed by atoms with Crippen LogP contribution >= 0.6 is 0 Å². The molecule has 88 valence electrons. The molecular formula is C12H22O3. The van der Waals surface area contributed by atoms with Gasteiger partial charge < -0.3 is 9.84 Å². The van der Waals surface area contributed by atoms with Crippen molar-refractivity contribution in [2.75, 3.05) is 13.2 Å². The van der Waals surface area contributed by atoms with Crippen LogP contribution in [0.2, 0.25) is 0 Å². The van der Waals surface area contributed by atoms with E-state index in [1.807, 2.05) is 0 Å². The summed E-state index contributed by atoms with van der Waals surface area (Å²) in [5, 5.41) is 8.68. The van der Waals surface area contributed by atoms with Gasteiger partial charge in [0.15, 0.2) is 0 Å². The van der Waals surface area contributed by atoms with Crippen molar-refractivity contribution in [1.82, 2.24) is 0 Å². The molecule has 1 fully saturated rings. The molecule has 1 aliphatic carbocycles. The van der Waals surface area contributed by atoms with Crippen LogP contribution in [0.25, 0.3) is 0 Å². The van der Waals surface area contributed by atoms with Gasteiger partial charge in [-0.25, -0.2) is 0 Å². The molecule has 1 N–H and O–H groups in total. The standard InChI is InChI=1S/C12H22O3/c1-2-7-15-9-11-5-3-10(4-6-11)8-12(13)14/h10-11H,2-9H2,1H3,(H,13,14). The molecule has 0 aromatic heterocycles. The molecule has 0 atom stereocenters. The molecular weight excluding hydrogens is 192 g/mol. The van der Waals surface area contributed by atoms with E-state index in [1.165, 1.54) is 0 Å². The summed E-state index contributed by atoms with van der Waals surface area (Å²) in [6, 6.07) is 0. The molecule has 0 bridgehead atoms. The highest BCUT2D eigenvalue weighted by molar-refractivity contribution is 5.67. The third kappa shape index (κ3) is 5.17. The van der Waals surface area contributed by atoms with E-state index in [0.717, 1.165) is 45.3 Å². The minimum absolute atomic E-state index is 0.350. The van der Waals surface area contributed by atoms with E-state index in [1.54, 1.807) is 0 Å². The minimum Gasteiger partial charge on any atom is -0.481 e. The van der Waals surface area contributed by atoms with Gasteiger partial charge in [-0.05, 0) is 43.9 Å². The number of carboxylic acids is 1. The molecule has 3 nitrogen and oxygen atoms in total. The molecule has 1 rings (SSSR count). The Balaban J connectivity index is 2.10. The van der Waals surface area contributed by atoms with Gasteiger partial charge in [-0.2, -0.15) is 0 Å². The van der Waals surface area contributed by atoms with Crippen molar-refractivity contribution in [2.45, 2.75) is 45.4 Å². The fraction of sp³-hybridized carbons (Fsp3) is 0.917. The Labute approximate surface area is 91.8 Å². The van der Waals surface area contributed by atoms with Gasteiger partial charge >= 0.3 is 5.97 Å². The summed E-state index contributed by atoms with van der Waals surface area (Å²) in [6.07, 6.45) is 5.83. The van der Waals surface area contributed by atoms with Crippen molar-refractivity contribution >= 4 is 5.97 Å². The van der Waals surface area contributed by atoms with E-state index in [9.17, 15) is 4.79 Å². The van der Waals surface area contributed by atoms with Crippen molar-refractivity contribution in [3.8, 4) is 0 Å². The second-order valence-corrected chi connectivity index (χ2v) is 4.56. The number of aliphatic carboxylic acids is 1. The van der Waals surface area contributed by atoms with Crippen molar-refractivity contribution < 1.29 is 14.6 Å². The highest BCUT2D eigenvalue weighted by Gasteiger charge is 2.22. The smallest absolute Gasteiger partial charge is 0.303 e. The minimum atomic E-state index is -0.652. The van der Waals surface area contributed by atoms with Gasteiger partial charge in [0.2, 0.25) is 0 Å². The predicted octanol–water partition coefficient (Wildman–Crippen LogP) is 2.69. The topological polar surface area (TPSA) is 46.5 Å². The zero-order valence-electron chi connectivity index (χ0n) is 9.58. The Bertz CT molecular complexity index is 183. The van der Waals surface area contributed by atoms with E-state index in [0.29, 0.717) is 18.3 Å². The van der Waals surface area contributed by atoms with Crippen LogP contribution in [-0.4, -0.2) is 24.3 Å². The summed E-state index contributed by atoms with van der Waals surface area (Å²) in [5.41, 5.74) is 0. The lowest BCUT2D eigenvalue weighted by Gasteiger charge is -2.27. The molecule has 0 amide bonds. The normalized spacial score (nSPS) is 26.5. The third-order valence-electron chi connectivity index (χ3n) is 3.13. The predicted molar refractivity (Wildman–Crippen MR) is 58.8 cm³/mol. The maximum atomic E-state index is 10.5. The van der Waals surface area contributed by atoms with Gasteiger partial charge in [0.25, 0.3) is 0 Å². The van der Waals surface area contributed by atoms with Gasteiger partial charge in [-0.1, -0.05) is 6.92 Å². The lowest BCUT2D eigenvalue weighted by atomic mass is 9.81. The Morgan fingerprint density at radius 1 is 1.27 bits per heavy atom. The highest BCUT2D eigenvalue weighted by atomic mass is 16.5. The Morgan fingerprint density at radius 3 is 2.40 bits per heavy atom. The average molecular weight is 214 g/mol. The number of carboxylic acid groups (broad SMARTS) is 1. The third-order valence-corrected chi connectivity index (χ3v) is 3.13. The summed E-state index contributed by atoms with van der Waals surface area (Å²) in [5.74, 6) is 0.423. The van der Waals surface area contributed by atoms with Crippen molar-refractivity contribution in [3.63, 3.8) is 0 Å². The fourth-order valence-electron chi connectivity index (χ4n) is 2.24. The Kier molecular flexibility index (Phi) is 5.69. The second-order valence-electron chi connectivity index (χ2n) is 4.56. The maximum Gasteiger partial charge on any atom is 0.303 e. The molecule has 0 heterocycles. The van der Waals surface area contributed by atoms with Crippen LogP contribution in [0.5, 0.6) is 0 Å². The quantitative estimate of drug-likeness (QED) is 0.691. The first-order valence-corrected chi connectivity index (χ1v) is 6.02. The lowest BCUT2D eigenvalue weighted by molar-refractivity contribution is -0.138. The molecule has 1 saturated carbocycles. The molecule has 1 aliphatic rings. The number of hydrogen-bond acceptors (Lipinski definition) is 2. The van der Waals surface area contributed by atoms with E-state index >= 15 is 0 Å². The SMILES string of the molecule is CCCOCC1CCC(CC(=O)O)CC1. The molecule has 0 spiro atoms. The first kappa shape index (κ1) is 12.5. The van der Waals surface area contributed by atoms with Crippen molar-refractivity contribution in [3.05, 3.63) is 0 Å². The zero-order chi connectivity index (χ0) is 11.1. The van der Waals surface area contributed by atoms with E-state index in [2.05, 4.69) is 6.92 Å². The number of ether oxygens (including phenoxy) is 1. The molecule has 0 aromatic rings. The van der Waals surface area contributed by atoms with Gasteiger partial charge in [0.05, 0.1) is 0 Å². The maximum absolute atomic E-state index is 10.5. The highest BCUT2D eigenvalue weighted by Crippen LogP contribution is 2.30. The molecule has 3 heteroatoms. The number of carbonyl (C=O) groups is 1. The Hall–Kier alpha value is -0.570. The van der Waals surface area contributed by atoms with Gasteiger partial charge in [-0.3, -0.25) is 4.79 Å². The second kappa shape index (κ2) is 6.83. The summed E-state index contributed by atoms with van der Waals surface area (Å²) >= 11 is 0. The fourth-order valence-corrected chi connectivity index (χ4v) is 2.24. The molecule has 0 radical (unpaired) electrons. The summed E-state index contributed by atoms with van der Waals surface area (Å²) in [7, 11) is 0. The van der Waals surface area contributed by atoms with E-state index in [-0.39, 0.29) is 0 Å². The van der Waals surface area contributed by atoms with Crippen LogP contribution < -0.4 is 0 Å². The monoisotopic (exact) mass is 214 g/mol. The van der Waals surface area contributed by atoms with Crippen LogP contribution in [0.3, 0.4) is 0 Å². The first-order valence-electron chi connectivity index (χ1n) is 6.02. The lowest BCUT2D eigenvalue weighted by Crippen LogP contribution is -2.20. The van der Waals surface area contributed by atoms with Gasteiger partial charge in [-0.15, -0.1) is 0 Å². The van der Waals surface area contributed by atoms with Crippen molar-refractivity contribution in [1.29, 1.82) is 0 Å². The van der Waals surface area contributed by atoms with Gasteiger partial charge in [0.1, 0.15) is 0 Å². The molecule has 0 saturated heterocycles.